The highest BCUT2D eigenvalue weighted by atomic mass is 16.4. The Kier molecular flexibility index (Phi) is 4.69. The number of nitrogens with one attached hydrogen (secondary N) is 1. The highest BCUT2D eigenvalue weighted by molar-refractivity contribution is 5.98. The number of carboxylic acid groups (broad SMARTS) is 1. The summed E-state index contributed by atoms with van der Waals surface area (Å²) in [5, 5.41) is 11.8. The zero-order valence-electron chi connectivity index (χ0n) is 13.8. The molecule has 0 radical (unpaired) electrons. The van der Waals surface area contributed by atoms with Gasteiger partial charge in [-0.1, -0.05) is 12.1 Å². The van der Waals surface area contributed by atoms with E-state index in [4.69, 9.17) is 5.11 Å². The molecule has 128 valence electrons. The number of hydrogen-bond acceptors (Lipinski definition) is 3. The number of aliphatic carboxylic acids is 1. The largest absolute Gasteiger partial charge is 0.481 e. The van der Waals surface area contributed by atoms with E-state index < -0.39 is 11.5 Å². The second kappa shape index (κ2) is 6.75. The Morgan fingerprint density at radius 1 is 1.04 bits per heavy atom. The van der Waals surface area contributed by atoms with Gasteiger partial charge in [0.05, 0.1) is 12.0 Å². The topological polar surface area (TPSA) is 83.5 Å². The van der Waals surface area contributed by atoms with Crippen LogP contribution in [0.5, 0.6) is 0 Å². The van der Waals surface area contributed by atoms with E-state index in [0.717, 1.165) is 25.7 Å². The monoisotopic (exact) mass is 329 g/mol. The molecule has 0 aromatic heterocycles. The fourth-order valence-corrected chi connectivity index (χ4v) is 3.71. The lowest BCUT2D eigenvalue weighted by Crippen LogP contribution is -2.54. The summed E-state index contributed by atoms with van der Waals surface area (Å²) in [4.78, 5) is 35.3. The van der Waals surface area contributed by atoms with Crippen molar-refractivity contribution >= 4 is 17.7 Å². The number of Topliss-reactive ketones (excluding diaryl/α,β-unsaturated/α-hetero) is 1. The molecule has 3 rings (SSSR count). The first kappa shape index (κ1) is 16.7. The van der Waals surface area contributed by atoms with Crippen molar-refractivity contribution in [2.24, 2.45) is 0 Å². The number of benzene rings is 1. The molecule has 5 heteroatoms. The molecule has 1 amide bonds. The minimum absolute atomic E-state index is 0.0271. The summed E-state index contributed by atoms with van der Waals surface area (Å²) in [6.07, 6.45) is 5.80. The van der Waals surface area contributed by atoms with Crippen LogP contribution in [-0.4, -0.2) is 28.3 Å². The third-order valence-corrected chi connectivity index (χ3v) is 5.20. The van der Waals surface area contributed by atoms with Gasteiger partial charge in [0, 0.05) is 18.4 Å². The van der Waals surface area contributed by atoms with E-state index in [1.54, 1.807) is 0 Å². The van der Waals surface area contributed by atoms with Gasteiger partial charge in [-0.25, -0.2) is 0 Å². The number of amides is 1. The molecule has 0 bridgehead atoms. The summed E-state index contributed by atoms with van der Waals surface area (Å²) in [5.74, 6) is -1.16. The number of aryl methyl sites for hydroxylation is 2. The molecule has 1 fully saturated rings. The third-order valence-electron chi connectivity index (χ3n) is 5.20. The number of fused-ring (bicyclic) bond motifs is 1. The third kappa shape index (κ3) is 3.66. The van der Waals surface area contributed by atoms with Crippen LogP contribution in [0.3, 0.4) is 0 Å². The Morgan fingerprint density at radius 2 is 1.79 bits per heavy atom. The van der Waals surface area contributed by atoms with Crippen LogP contribution in [0.1, 0.15) is 66.4 Å². The van der Waals surface area contributed by atoms with Gasteiger partial charge in [-0.05, 0) is 55.7 Å². The van der Waals surface area contributed by atoms with Crippen LogP contribution in [-0.2, 0) is 22.4 Å². The smallest absolute Gasteiger partial charge is 0.305 e. The van der Waals surface area contributed by atoms with Crippen LogP contribution in [0.25, 0.3) is 0 Å². The van der Waals surface area contributed by atoms with Crippen molar-refractivity contribution in [2.45, 2.75) is 63.3 Å². The maximum absolute atomic E-state index is 12.3. The SMILES string of the molecule is O=C(O)CC1(NC(=O)CCC(=O)c2ccc3c(c2)CCC3)CCC1. The van der Waals surface area contributed by atoms with Crippen molar-refractivity contribution in [3.63, 3.8) is 0 Å². The van der Waals surface area contributed by atoms with E-state index in [-0.39, 0.29) is 31.0 Å². The summed E-state index contributed by atoms with van der Waals surface area (Å²) >= 11 is 0. The van der Waals surface area contributed by atoms with Crippen molar-refractivity contribution in [3.8, 4) is 0 Å². The molecule has 1 aromatic carbocycles. The number of carboxylic acids is 1. The van der Waals surface area contributed by atoms with E-state index in [2.05, 4.69) is 5.32 Å². The van der Waals surface area contributed by atoms with E-state index in [9.17, 15) is 14.4 Å². The molecule has 0 heterocycles. The molecule has 2 aliphatic carbocycles. The number of ketones is 1. The lowest BCUT2D eigenvalue weighted by atomic mass is 9.74. The molecule has 0 unspecified atom stereocenters. The standard InChI is InChI=1S/C19H23NO4/c21-16(15-6-5-13-3-1-4-14(13)11-15)7-8-17(22)20-19(9-2-10-19)12-18(23)24/h5-6,11H,1-4,7-10,12H2,(H,20,22)(H,23,24). The molecular formula is C19H23NO4. The first-order chi connectivity index (χ1) is 11.5. The first-order valence-electron chi connectivity index (χ1n) is 8.65. The van der Waals surface area contributed by atoms with Crippen LogP contribution in [0.2, 0.25) is 0 Å². The molecule has 1 aromatic rings. The molecule has 24 heavy (non-hydrogen) atoms. The van der Waals surface area contributed by atoms with Gasteiger partial charge in [-0.15, -0.1) is 0 Å². The van der Waals surface area contributed by atoms with Gasteiger partial charge in [0.1, 0.15) is 0 Å². The summed E-state index contributed by atoms with van der Waals surface area (Å²) in [6, 6.07) is 5.83. The summed E-state index contributed by atoms with van der Waals surface area (Å²) in [6.45, 7) is 0. The van der Waals surface area contributed by atoms with Crippen LogP contribution in [0, 0.1) is 0 Å². The summed E-state index contributed by atoms with van der Waals surface area (Å²) < 4.78 is 0. The van der Waals surface area contributed by atoms with Gasteiger partial charge < -0.3 is 10.4 Å². The van der Waals surface area contributed by atoms with Crippen molar-refractivity contribution in [1.82, 2.24) is 5.32 Å². The summed E-state index contributed by atoms with van der Waals surface area (Å²) in [7, 11) is 0. The molecule has 0 saturated heterocycles. The maximum atomic E-state index is 12.3. The second-order valence-corrected chi connectivity index (χ2v) is 7.01. The Hall–Kier alpha value is -2.17. The fourth-order valence-electron chi connectivity index (χ4n) is 3.71. The van der Waals surface area contributed by atoms with Crippen molar-refractivity contribution in [2.75, 3.05) is 0 Å². The predicted molar refractivity (Wildman–Crippen MR) is 89.0 cm³/mol. The molecule has 1 saturated carbocycles. The number of carbonyl (C=O) groups is 3. The van der Waals surface area contributed by atoms with Crippen LogP contribution < -0.4 is 5.32 Å². The molecule has 5 nitrogen and oxygen atoms in total. The normalized spacial score (nSPS) is 17.7. The second-order valence-electron chi connectivity index (χ2n) is 7.01. The Labute approximate surface area is 141 Å². The average molecular weight is 329 g/mol. The van der Waals surface area contributed by atoms with Crippen LogP contribution in [0.15, 0.2) is 18.2 Å². The van der Waals surface area contributed by atoms with E-state index in [0.29, 0.717) is 18.4 Å². The number of rotatable bonds is 7. The van der Waals surface area contributed by atoms with Crippen LogP contribution >= 0.6 is 0 Å². The Balaban J connectivity index is 1.52. The van der Waals surface area contributed by atoms with E-state index in [1.165, 1.54) is 11.1 Å². The zero-order chi connectivity index (χ0) is 17.2. The van der Waals surface area contributed by atoms with Crippen molar-refractivity contribution in [1.29, 1.82) is 0 Å². The zero-order valence-corrected chi connectivity index (χ0v) is 13.8. The Morgan fingerprint density at radius 3 is 2.46 bits per heavy atom. The molecule has 2 N–H and O–H groups in total. The van der Waals surface area contributed by atoms with Crippen molar-refractivity contribution < 1.29 is 19.5 Å². The average Bonchev–Trinajstić information content (AvgIpc) is 2.97. The highest BCUT2D eigenvalue weighted by Gasteiger charge is 2.40. The number of hydrogen-bond donors (Lipinski definition) is 2. The lowest BCUT2D eigenvalue weighted by Gasteiger charge is -2.41. The predicted octanol–water partition coefficient (Wildman–Crippen LogP) is 2.65. The summed E-state index contributed by atoms with van der Waals surface area (Å²) in [5.41, 5.74) is 2.65. The van der Waals surface area contributed by atoms with Crippen LogP contribution in [0.4, 0.5) is 0 Å². The quantitative estimate of drug-likeness (QED) is 0.753. The minimum Gasteiger partial charge on any atom is -0.481 e. The van der Waals surface area contributed by atoms with Gasteiger partial charge in [0.15, 0.2) is 5.78 Å². The van der Waals surface area contributed by atoms with Gasteiger partial charge in [-0.3, -0.25) is 14.4 Å². The highest BCUT2D eigenvalue weighted by Crippen LogP contribution is 2.35. The van der Waals surface area contributed by atoms with E-state index in [1.807, 2.05) is 18.2 Å². The molecule has 2 aliphatic rings. The molecule has 0 atom stereocenters. The molecule has 0 spiro atoms. The van der Waals surface area contributed by atoms with E-state index >= 15 is 0 Å². The Bertz CT molecular complexity index is 676. The number of carbonyl (C=O) groups excluding carboxylic acids is 2. The van der Waals surface area contributed by atoms with Crippen molar-refractivity contribution in [3.05, 3.63) is 34.9 Å². The van der Waals surface area contributed by atoms with Gasteiger partial charge >= 0.3 is 5.97 Å². The minimum atomic E-state index is -0.899. The molecular weight excluding hydrogens is 306 g/mol. The molecule has 0 aliphatic heterocycles. The maximum Gasteiger partial charge on any atom is 0.305 e. The lowest BCUT2D eigenvalue weighted by molar-refractivity contribution is -0.140. The fraction of sp³-hybridized carbons (Fsp3) is 0.526. The van der Waals surface area contributed by atoms with Gasteiger partial charge in [0.25, 0.3) is 0 Å². The van der Waals surface area contributed by atoms with Gasteiger partial charge in [-0.2, -0.15) is 0 Å². The van der Waals surface area contributed by atoms with Gasteiger partial charge in [0.2, 0.25) is 5.91 Å². The first-order valence-corrected chi connectivity index (χ1v) is 8.65.